The lowest BCUT2D eigenvalue weighted by atomic mass is 9.85. The van der Waals surface area contributed by atoms with Gasteiger partial charge in [-0.05, 0) is 61.0 Å². The predicted molar refractivity (Wildman–Crippen MR) is 168 cm³/mol. The number of pyridine rings is 1. The molecule has 2 aliphatic carbocycles. The Bertz CT molecular complexity index is 1480. The van der Waals surface area contributed by atoms with E-state index in [1.807, 2.05) is 20.8 Å². The summed E-state index contributed by atoms with van der Waals surface area (Å²) in [5.41, 5.74) is -1.37. The molecule has 2 saturated carbocycles. The molecule has 0 spiro atoms. The number of ether oxygens (including phenoxy) is 4. The Morgan fingerprint density at radius 3 is 2.66 bits per heavy atom. The Morgan fingerprint density at radius 2 is 1.94 bits per heavy atom. The monoisotopic (exact) mass is 661 g/mol. The van der Waals surface area contributed by atoms with Crippen LogP contribution in [-0.2, 0) is 25.0 Å². The highest BCUT2D eigenvalue weighted by atomic mass is 19.3. The van der Waals surface area contributed by atoms with E-state index in [0.717, 1.165) is 19.3 Å². The third kappa shape index (κ3) is 6.70. The minimum absolute atomic E-state index is 0.0135. The number of benzene rings is 1. The van der Waals surface area contributed by atoms with Crippen molar-refractivity contribution >= 4 is 23.1 Å². The zero-order valence-corrected chi connectivity index (χ0v) is 27.8. The predicted octanol–water partition coefficient (Wildman–Crippen LogP) is 5.82. The van der Waals surface area contributed by atoms with E-state index in [4.69, 9.17) is 18.9 Å². The van der Waals surface area contributed by atoms with Gasteiger partial charge in [0.05, 0.1) is 37.4 Å². The van der Waals surface area contributed by atoms with Crippen molar-refractivity contribution in [1.82, 2.24) is 15.2 Å². The lowest BCUT2D eigenvalue weighted by molar-refractivity contribution is -0.142. The first-order chi connectivity index (χ1) is 22.3. The first kappa shape index (κ1) is 33.9. The first-order valence-corrected chi connectivity index (χ1v) is 16.7. The molecule has 3 unspecified atom stereocenters. The zero-order valence-electron chi connectivity index (χ0n) is 27.8. The number of halogens is 3. The second-order valence-electron chi connectivity index (χ2n) is 14.8. The van der Waals surface area contributed by atoms with Crippen LogP contribution in [0.25, 0.3) is 10.9 Å². The molecule has 2 aliphatic heterocycles. The SMILES string of the molecule is COc1ccc2c(F)c3c(nc2c1)O[C@H]1CN(C(=O)[C@H](C(C)(C)C)NCOCO[C@@H]2CC4CC4[C@H]2CCCCC3(F)F)[C@H](C=O)C1C. The van der Waals surface area contributed by atoms with Crippen LogP contribution in [0, 0.1) is 34.9 Å². The molecular formula is C35H46F3N3O6. The molecule has 8 atom stereocenters. The summed E-state index contributed by atoms with van der Waals surface area (Å²) in [6.45, 7) is 7.47. The van der Waals surface area contributed by atoms with Crippen LogP contribution in [0.15, 0.2) is 18.2 Å². The topological polar surface area (TPSA) is 99.2 Å². The fourth-order valence-electron chi connectivity index (χ4n) is 7.93. The van der Waals surface area contributed by atoms with Crippen LogP contribution < -0.4 is 14.8 Å². The highest BCUT2D eigenvalue weighted by molar-refractivity contribution is 5.86. The summed E-state index contributed by atoms with van der Waals surface area (Å²) < 4.78 is 71.9. The van der Waals surface area contributed by atoms with E-state index in [-0.39, 0.29) is 55.3 Å². The van der Waals surface area contributed by atoms with Gasteiger partial charge in [0, 0.05) is 23.8 Å². The average Bonchev–Trinajstić information content (AvgIpc) is 3.59. The summed E-state index contributed by atoms with van der Waals surface area (Å²) in [6, 6.07) is 2.71. The molecule has 47 heavy (non-hydrogen) atoms. The van der Waals surface area contributed by atoms with Gasteiger partial charge in [0.25, 0.3) is 5.92 Å². The molecule has 3 heterocycles. The largest absolute Gasteiger partial charge is 0.497 e. The molecule has 3 fully saturated rings. The summed E-state index contributed by atoms with van der Waals surface area (Å²) in [5.74, 6) is -4.40. The van der Waals surface area contributed by atoms with Gasteiger partial charge in [-0.3, -0.25) is 10.1 Å². The lowest BCUT2D eigenvalue weighted by Crippen LogP contribution is -2.55. The third-order valence-electron chi connectivity index (χ3n) is 10.7. The van der Waals surface area contributed by atoms with Crippen LogP contribution in [0.2, 0.25) is 0 Å². The van der Waals surface area contributed by atoms with Crippen molar-refractivity contribution in [2.24, 2.45) is 29.1 Å². The van der Waals surface area contributed by atoms with E-state index in [1.54, 1.807) is 6.92 Å². The number of methoxy groups -OCH3 is 1. The fraction of sp³-hybridized carbons (Fsp3) is 0.686. The highest BCUT2D eigenvalue weighted by Crippen LogP contribution is 2.58. The summed E-state index contributed by atoms with van der Waals surface area (Å²) in [7, 11) is 1.45. The number of carbonyl (C=O) groups is 2. The number of fused-ring (bicyclic) bond motifs is 7. The van der Waals surface area contributed by atoms with Gasteiger partial charge in [-0.1, -0.05) is 34.1 Å². The average molecular weight is 662 g/mol. The Balaban J connectivity index is 1.37. The molecule has 1 amide bonds. The number of alkyl halides is 2. The summed E-state index contributed by atoms with van der Waals surface area (Å²) >= 11 is 0. The molecule has 4 aliphatic rings. The molecule has 12 heteroatoms. The van der Waals surface area contributed by atoms with Gasteiger partial charge in [-0.15, -0.1) is 0 Å². The standard InChI is InChI=1S/C35H46F3N3O6/c1-19-26(16-42)41-15-28(19)47-32-29(30(36)23-10-9-21(44-5)14-25(23)40-32)35(37,38)11-7-6-8-22-24-12-20(24)13-27(22)46-18-45-17-39-31(33(41)43)34(2,3)4/h9-10,14,16,19-20,22,24,26-28,31,39H,6-8,11-13,15,17-18H2,1-5H3/t19?,20?,22-,24?,26-,27-,28+,31-/m1/s1. The van der Waals surface area contributed by atoms with Crippen LogP contribution in [0.5, 0.6) is 11.6 Å². The van der Waals surface area contributed by atoms with Crippen molar-refractivity contribution in [2.75, 3.05) is 27.2 Å². The number of rotatable bonds is 2. The second kappa shape index (κ2) is 13.2. The number of nitrogens with one attached hydrogen (secondary N) is 1. The van der Waals surface area contributed by atoms with Crippen LogP contribution in [0.4, 0.5) is 13.2 Å². The molecule has 0 radical (unpaired) electrons. The van der Waals surface area contributed by atoms with Gasteiger partial charge < -0.3 is 28.6 Å². The number of aromatic nitrogens is 1. The molecule has 9 nitrogen and oxygen atoms in total. The van der Waals surface area contributed by atoms with E-state index in [2.05, 4.69) is 10.3 Å². The van der Waals surface area contributed by atoms with Crippen molar-refractivity contribution in [3.8, 4) is 11.6 Å². The maximum atomic E-state index is 16.2. The number of amides is 1. The van der Waals surface area contributed by atoms with E-state index in [1.165, 1.54) is 30.2 Å². The molecule has 2 aromatic rings. The minimum Gasteiger partial charge on any atom is -0.497 e. The first-order valence-electron chi connectivity index (χ1n) is 16.7. The number of hydrogen-bond acceptors (Lipinski definition) is 8. The van der Waals surface area contributed by atoms with Crippen molar-refractivity contribution < 1.29 is 41.7 Å². The highest BCUT2D eigenvalue weighted by Gasteiger charge is 2.53. The van der Waals surface area contributed by atoms with Gasteiger partial charge in [-0.2, -0.15) is 0 Å². The Kier molecular flexibility index (Phi) is 9.50. The van der Waals surface area contributed by atoms with Gasteiger partial charge in [0.15, 0.2) is 0 Å². The Hall–Kier alpha value is -2.96. The van der Waals surface area contributed by atoms with Crippen molar-refractivity contribution in [1.29, 1.82) is 0 Å². The van der Waals surface area contributed by atoms with Crippen molar-refractivity contribution in [2.45, 2.75) is 96.4 Å². The van der Waals surface area contributed by atoms with Crippen LogP contribution in [-0.4, -0.2) is 73.5 Å². The number of nitrogens with zero attached hydrogens (tertiary/aromatic N) is 2. The molecule has 1 N–H and O–H groups in total. The Morgan fingerprint density at radius 1 is 1.15 bits per heavy atom. The molecular weight excluding hydrogens is 615 g/mol. The number of carbonyl (C=O) groups excluding carboxylic acids is 2. The third-order valence-corrected chi connectivity index (χ3v) is 10.7. The van der Waals surface area contributed by atoms with E-state index < -0.39 is 59.1 Å². The van der Waals surface area contributed by atoms with Crippen molar-refractivity contribution in [3.05, 3.63) is 29.6 Å². The van der Waals surface area contributed by atoms with Crippen LogP contribution in [0.3, 0.4) is 0 Å². The lowest BCUT2D eigenvalue weighted by Gasteiger charge is -2.35. The normalized spacial score (nSPS) is 33.4. The smallest absolute Gasteiger partial charge is 0.281 e. The maximum absolute atomic E-state index is 16.2. The van der Waals surface area contributed by atoms with Gasteiger partial charge >= 0.3 is 0 Å². The van der Waals surface area contributed by atoms with Gasteiger partial charge in [0.1, 0.15) is 43.0 Å². The number of hydrogen-bond donors (Lipinski definition) is 1. The van der Waals surface area contributed by atoms with E-state index in [0.29, 0.717) is 30.3 Å². The zero-order chi connectivity index (χ0) is 33.7. The number of aldehydes is 1. The molecule has 1 saturated heterocycles. The molecule has 258 valence electrons. The molecule has 1 aromatic heterocycles. The van der Waals surface area contributed by atoms with E-state index in [9.17, 15) is 9.59 Å². The Labute approximate surface area is 273 Å². The van der Waals surface area contributed by atoms with E-state index >= 15 is 13.2 Å². The molecule has 2 bridgehead atoms. The molecule has 6 rings (SSSR count). The quantitative estimate of drug-likeness (QED) is 0.403. The summed E-state index contributed by atoms with van der Waals surface area (Å²) in [5, 5.41) is 3.12. The molecule has 1 aromatic carbocycles. The maximum Gasteiger partial charge on any atom is 0.281 e. The second-order valence-corrected chi connectivity index (χ2v) is 14.8. The van der Waals surface area contributed by atoms with Gasteiger partial charge in [-0.25, -0.2) is 18.2 Å². The fourth-order valence-corrected chi connectivity index (χ4v) is 7.93. The summed E-state index contributed by atoms with van der Waals surface area (Å²) in [6.07, 6.45) is 2.69. The van der Waals surface area contributed by atoms with Crippen molar-refractivity contribution in [3.63, 3.8) is 0 Å². The van der Waals surface area contributed by atoms with Gasteiger partial charge in [0.2, 0.25) is 11.8 Å². The summed E-state index contributed by atoms with van der Waals surface area (Å²) in [4.78, 5) is 32.2. The minimum atomic E-state index is -3.59. The van der Waals surface area contributed by atoms with Crippen LogP contribution >= 0.6 is 0 Å². The van der Waals surface area contributed by atoms with Crippen LogP contribution in [0.1, 0.15) is 71.8 Å².